The van der Waals surface area contributed by atoms with Crippen LogP contribution in [0.25, 0.3) is 0 Å². The van der Waals surface area contributed by atoms with Gasteiger partial charge < -0.3 is 21.3 Å². The molecule has 0 aromatic rings. The van der Waals surface area contributed by atoms with Crippen LogP contribution in [-0.4, -0.2) is 56.4 Å². The molecule has 9 heteroatoms. The van der Waals surface area contributed by atoms with Gasteiger partial charge in [-0.15, -0.1) is 0 Å². The number of aliphatic carboxylic acids is 2. The fourth-order valence-electron chi connectivity index (χ4n) is 1.22. The lowest BCUT2D eigenvalue weighted by atomic mass is 10.1. The number of amides is 1. The van der Waals surface area contributed by atoms with Crippen molar-refractivity contribution in [2.75, 3.05) is 12.0 Å². The molecule has 3 unspecified atom stereocenters. The number of carbonyl (C=O) groups excluding carboxylic acids is 1. The highest BCUT2D eigenvalue weighted by Crippen LogP contribution is 1.99. The first-order valence-corrected chi connectivity index (χ1v) is 7.27. The van der Waals surface area contributed by atoms with Gasteiger partial charge in [-0.2, -0.15) is 0 Å². The summed E-state index contributed by atoms with van der Waals surface area (Å²) in [6.45, 7) is 0. The van der Waals surface area contributed by atoms with E-state index in [2.05, 4.69) is 5.32 Å². The molecule has 8 nitrogen and oxygen atoms in total. The maximum Gasteiger partial charge on any atom is 0.326 e. The molecule has 1 amide bonds. The second-order valence-electron chi connectivity index (χ2n) is 4.01. The SMILES string of the molecule is CS(=O)CCC(NC(=O)CCC(N)C(=O)O)C(=O)O. The summed E-state index contributed by atoms with van der Waals surface area (Å²) in [5, 5.41) is 19.6. The number of rotatable bonds is 9. The van der Waals surface area contributed by atoms with E-state index < -0.39 is 40.7 Å². The summed E-state index contributed by atoms with van der Waals surface area (Å²) in [6, 6.07) is -2.28. The van der Waals surface area contributed by atoms with E-state index in [0.717, 1.165) is 0 Å². The van der Waals surface area contributed by atoms with Gasteiger partial charge in [0.2, 0.25) is 5.91 Å². The molecule has 0 rings (SSSR count). The van der Waals surface area contributed by atoms with Crippen molar-refractivity contribution in [3.63, 3.8) is 0 Å². The molecule has 0 radical (unpaired) electrons. The van der Waals surface area contributed by atoms with Crippen molar-refractivity contribution in [3.8, 4) is 0 Å². The Bertz CT molecular complexity index is 373. The molecule has 0 aliphatic heterocycles. The first-order valence-electron chi connectivity index (χ1n) is 5.54. The van der Waals surface area contributed by atoms with Crippen LogP contribution < -0.4 is 11.1 Å². The van der Waals surface area contributed by atoms with E-state index in [1.54, 1.807) is 0 Å². The molecule has 0 heterocycles. The van der Waals surface area contributed by atoms with E-state index in [0.29, 0.717) is 0 Å². The van der Waals surface area contributed by atoms with Crippen LogP contribution in [0.1, 0.15) is 19.3 Å². The number of carbonyl (C=O) groups is 3. The predicted octanol–water partition coefficient (Wildman–Crippen LogP) is -1.48. The summed E-state index contributed by atoms with van der Waals surface area (Å²) in [6.07, 6.45) is 1.24. The third-order valence-corrected chi connectivity index (χ3v) is 3.14. The average molecular weight is 294 g/mol. The molecule has 0 aliphatic carbocycles. The van der Waals surface area contributed by atoms with E-state index >= 15 is 0 Å². The molecule has 0 aromatic carbocycles. The summed E-state index contributed by atoms with van der Waals surface area (Å²) in [7, 11) is -1.15. The van der Waals surface area contributed by atoms with E-state index in [4.69, 9.17) is 15.9 Å². The molecule has 0 aromatic heterocycles. The van der Waals surface area contributed by atoms with E-state index in [1.165, 1.54) is 6.26 Å². The Hall–Kier alpha value is -1.48. The fourth-order valence-corrected chi connectivity index (χ4v) is 1.79. The highest BCUT2D eigenvalue weighted by Gasteiger charge is 2.21. The Morgan fingerprint density at radius 3 is 2.21 bits per heavy atom. The van der Waals surface area contributed by atoms with Crippen LogP contribution in [0.5, 0.6) is 0 Å². The maximum atomic E-state index is 11.4. The van der Waals surface area contributed by atoms with Crippen LogP contribution in [0.3, 0.4) is 0 Å². The van der Waals surface area contributed by atoms with Gasteiger partial charge in [0.25, 0.3) is 0 Å². The number of carboxylic acid groups (broad SMARTS) is 2. The van der Waals surface area contributed by atoms with Crippen LogP contribution in [-0.2, 0) is 25.2 Å². The van der Waals surface area contributed by atoms with Crippen molar-refractivity contribution < 1.29 is 28.8 Å². The summed E-state index contributed by atoms with van der Waals surface area (Å²) in [4.78, 5) is 32.7. The Morgan fingerprint density at radius 2 is 1.79 bits per heavy atom. The Kier molecular flexibility index (Phi) is 7.92. The van der Waals surface area contributed by atoms with Gasteiger partial charge in [0.15, 0.2) is 0 Å². The van der Waals surface area contributed by atoms with Gasteiger partial charge in [-0.25, -0.2) is 4.79 Å². The van der Waals surface area contributed by atoms with Crippen molar-refractivity contribution in [1.82, 2.24) is 5.32 Å². The Balaban J connectivity index is 4.20. The summed E-state index contributed by atoms with van der Waals surface area (Å²) < 4.78 is 10.9. The van der Waals surface area contributed by atoms with Gasteiger partial charge in [-0.3, -0.25) is 13.8 Å². The molecule has 0 saturated heterocycles. The number of nitrogens with two attached hydrogens (primary N) is 1. The minimum absolute atomic E-state index is 0.0508. The quantitative estimate of drug-likeness (QED) is 0.405. The molecule has 5 N–H and O–H groups in total. The van der Waals surface area contributed by atoms with Gasteiger partial charge in [0.1, 0.15) is 12.1 Å². The summed E-state index contributed by atoms with van der Waals surface area (Å²) in [5.41, 5.74) is 5.22. The van der Waals surface area contributed by atoms with E-state index in [9.17, 15) is 18.6 Å². The zero-order chi connectivity index (χ0) is 15.0. The second kappa shape index (κ2) is 8.59. The minimum atomic E-state index is -1.22. The van der Waals surface area contributed by atoms with Gasteiger partial charge in [-0.1, -0.05) is 0 Å². The van der Waals surface area contributed by atoms with Crippen LogP contribution in [0, 0.1) is 0 Å². The highest BCUT2D eigenvalue weighted by molar-refractivity contribution is 7.84. The van der Waals surface area contributed by atoms with Gasteiger partial charge in [0.05, 0.1) is 0 Å². The van der Waals surface area contributed by atoms with E-state index in [-0.39, 0.29) is 25.0 Å². The third-order valence-electron chi connectivity index (χ3n) is 2.33. The molecule has 3 atom stereocenters. The number of nitrogens with one attached hydrogen (secondary N) is 1. The lowest BCUT2D eigenvalue weighted by molar-refractivity contribution is -0.142. The zero-order valence-corrected chi connectivity index (χ0v) is 11.3. The van der Waals surface area contributed by atoms with Gasteiger partial charge in [-0.05, 0) is 12.8 Å². The molecule has 19 heavy (non-hydrogen) atoms. The van der Waals surface area contributed by atoms with Crippen LogP contribution >= 0.6 is 0 Å². The predicted molar refractivity (Wildman–Crippen MR) is 68.0 cm³/mol. The second-order valence-corrected chi connectivity index (χ2v) is 5.56. The van der Waals surface area contributed by atoms with Crippen molar-refractivity contribution in [1.29, 1.82) is 0 Å². The molecule has 0 fully saturated rings. The van der Waals surface area contributed by atoms with Crippen molar-refractivity contribution >= 4 is 28.6 Å². The molecule has 110 valence electrons. The monoisotopic (exact) mass is 294 g/mol. The minimum Gasteiger partial charge on any atom is -0.480 e. The number of hydrogen-bond acceptors (Lipinski definition) is 5. The fraction of sp³-hybridized carbons (Fsp3) is 0.700. The third kappa shape index (κ3) is 8.27. The largest absolute Gasteiger partial charge is 0.480 e. The summed E-state index contributed by atoms with van der Waals surface area (Å²) in [5.74, 6) is -2.87. The molecular weight excluding hydrogens is 276 g/mol. The van der Waals surface area contributed by atoms with Gasteiger partial charge in [0, 0.05) is 29.2 Å². The maximum absolute atomic E-state index is 11.4. The van der Waals surface area contributed by atoms with Crippen LogP contribution in [0.4, 0.5) is 0 Å². The number of carboxylic acids is 2. The van der Waals surface area contributed by atoms with Crippen molar-refractivity contribution in [3.05, 3.63) is 0 Å². The summed E-state index contributed by atoms with van der Waals surface area (Å²) >= 11 is 0. The molecule has 0 aliphatic rings. The van der Waals surface area contributed by atoms with Crippen LogP contribution in [0.2, 0.25) is 0 Å². The lowest BCUT2D eigenvalue weighted by Crippen LogP contribution is -2.42. The Labute approximate surface area is 112 Å². The normalized spacial score (nSPS) is 15.3. The number of hydrogen-bond donors (Lipinski definition) is 4. The molecule has 0 saturated carbocycles. The first kappa shape index (κ1) is 17.5. The van der Waals surface area contributed by atoms with Crippen molar-refractivity contribution in [2.24, 2.45) is 5.73 Å². The van der Waals surface area contributed by atoms with E-state index in [1.807, 2.05) is 0 Å². The zero-order valence-electron chi connectivity index (χ0n) is 10.5. The molecule has 0 spiro atoms. The standard InChI is InChI=1S/C10H18N2O6S/c1-19(18)5-4-7(10(16)17)12-8(13)3-2-6(11)9(14)15/h6-7H,2-5,11H2,1H3,(H,12,13)(H,14,15)(H,16,17). The Morgan fingerprint density at radius 1 is 1.21 bits per heavy atom. The topological polar surface area (TPSA) is 147 Å². The molecule has 0 bridgehead atoms. The average Bonchev–Trinajstić information content (AvgIpc) is 2.30. The van der Waals surface area contributed by atoms with Crippen molar-refractivity contribution in [2.45, 2.75) is 31.3 Å². The smallest absolute Gasteiger partial charge is 0.326 e. The van der Waals surface area contributed by atoms with Crippen LogP contribution in [0.15, 0.2) is 0 Å². The lowest BCUT2D eigenvalue weighted by Gasteiger charge is -2.14. The highest BCUT2D eigenvalue weighted by atomic mass is 32.2. The molecular formula is C10H18N2O6S. The van der Waals surface area contributed by atoms with Gasteiger partial charge >= 0.3 is 11.9 Å². The first-order chi connectivity index (χ1) is 8.73.